The van der Waals surface area contributed by atoms with Crippen LogP contribution in [0.3, 0.4) is 0 Å². The predicted octanol–water partition coefficient (Wildman–Crippen LogP) is 1.20. The van der Waals surface area contributed by atoms with Crippen LogP contribution in [0.1, 0.15) is 19.3 Å². The fourth-order valence-corrected chi connectivity index (χ4v) is 2.04. The van der Waals surface area contributed by atoms with Crippen molar-refractivity contribution >= 4 is 6.03 Å². The summed E-state index contributed by atoms with van der Waals surface area (Å²) >= 11 is 0. The number of urea groups is 1. The first-order chi connectivity index (χ1) is 7.77. The van der Waals surface area contributed by atoms with Gasteiger partial charge in [0.2, 0.25) is 0 Å². The first-order valence-electron chi connectivity index (χ1n) is 6.06. The van der Waals surface area contributed by atoms with E-state index in [-0.39, 0.29) is 6.03 Å². The van der Waals surface area contributed by atoms with E-state index in [1.165, 1.54) is 6.42 Å². The minimum atomic E-state index is 0.0481. The molecule has 92 valence electrons. The van der Waals surface area contributed by atoms with Gasteiger partial charge in [-0.1, -0.05) is 6.08 Å². The Morgan fingerprint density at radius 2 is 2.19 bits per heavy atom. The summed E-state index contributed by atoms with van der Waals surface area (Å²) in [6.45, 7) is 6.99. The maximum Gasteiger partial charge on any atom is 0.317 e. The van der Waals surface area contributed by atoms with Crippen molar-refractivity contribution in [3.63, 3.8) is 0 Å². The van der Waals surface area contributed by atoms with Gasteiger partial charge in [-0.2, -0.15) is 0 Å². The summed E-state index contributed by atoms with van der Waals surface area (Å²) in [5.74, 6) is 0.774. The minimum Gasteiger partial charge on any atom is -0.335 e. The van der Waals surface area contributed by atoms with E-state index < -0.39 is 0 Å². The van der Waals surface area contributed by atoms with E-state index >= 15 is 0 Å². The molecular formula is C12H23N3O. The zero-order valence-electron chi connectivity index (χ0n) is 10.2. The molecule has 0 aliphatic carbocycles. The van der Waals surface area contributed by atoms with E-state index in [0.717, 1.165) is 38.4 Å². The minimum absolute atomic E-state index is 0.0481. The molecule has 0 spiro atoms. The fourth-order valence-electron chi connectivity index (χ4n) is 2.04. The van der Waals surface area contributed by atoms with Gasteiger partial charge in [0.1, 0.15) is 0 Å². The Morgan fingerprint density at radius 3 is 2.75 bits per heavy atom. The molecule has 4 heteroatoms. The maximum atomic E-state index is 11.6. The van der Waals surface area contributed by atoms with Gasteiger partial charge in [0, 0.05) is 19.6 Å². The van der Waals surface area contributed by atoms with Crippen molar-refractivity contribution < 1.29 is 4.79 Å². The Kier molecular flexibility index (Phi) is 5.93. The normalized spacial score (nSPS) is 17.2. The molecule has 2 amide bonds. The molecular weight excluding hydrogens is 202 g/mol. The molecule has 0 aromatic rings. The molecule has 1 heterocycles. The van der Waals surface area contributed by atoms with Crippen molar-refractivity contribution in [2.75, 3.05) is 33.2 Å². The maximum absolute atomic E-state index is 11.6. The predicted molar refractivity (Wildman–Crippen MR) is 66.4 cm³/mol. The van der Waals surface area contributed by atoms with Crippen molar-refractivity contribution in [2.24, 2.45) is 5.92 Å². The number of carbonyl (C=O) groups is 1. The number of piperidine rings is 1. The van der Waals surface area contributed by atoms with Crippen LogP contribution in [-0.2, 0) is 0 Å². The van der Waals surface area contributed by atoms with Crippen LogP contribution < -0.4 is 10.6 Å². The Morgan fingerprint density at radius 1 is 1.50 bits per heavy atom. The van der Waals surface area contributed by atoms with Crippen LogP contribution in [0.15, 0.2) is 12.7 Å². The third kappa shape index (κ3) is 4.23. The zero-order chi connectivity index (χ0) is 11.8. The van der Waals surface area contributed by atoms with E-state index in [9.17, 15) is 4.79 Å². The average Bonchev–Trinajstić information content (AvgIpc) is 2.34. The first-order valence-corrected chi connectivity index (χ1v) is 6.06. The van der Waals surface area contributed by atoms with Gasteiger partial charge < -0.3 is 15.5 Å². The van der Waals surface area contributed by atoms with Gasteiger partial charge in [0.15, 0.2) is 0 Å². The van der Waals surface area contributed by atoms with Gasteiger partial charge in [0.25, 0.3) is 0 Å². The van der Waals surface area contributed by atoms with Crippen LogP contribution in [0.25, 0.3) is 0 Å². The first kappa shape index (κ1) is 13.0. The lowest BCUT2D eigenvalue weighted by Gasteiger charge is -2.31. The molecule has 0 aromatic carbocycles. The standard InChI is InChI=1S/C12H23N3O/c1-3-7-14-12(16)15-9-5-11(6-10-15)4-8-13-2/h3,11,13H,1,4-10H2,2H3,(H,14,16). The number of hydrogen-bond donors (Lipinski definition) is 2. The summed E-state index contributed by atoms with van der Waals surface area (Å²) in [6, 6.07) is 0.0481. The van der Waals surface area contributed by atoms with Crippen molar-refractivity contribution in [1.82, 2.24) is 15.5 Å². The van der Waals surface area contributed by atoms with Gasteiger partial charge in [0.05, 0.1) is 0 Å². The Balaban J connectivity index is 2.20. The van der Waals surface area contributed by atoms with E-state index in [2.05, 4.69) is 17.2 Å². The van der Waals surface area contributed by atoms with Crippen molar-refractivity contribution in [1.29, 1.82) is 0 Å². The highest BCUT2D eigenvalue weighted by Gasteiger charge is 2.21. The lowest BCUT2D eigenvalue weighted by atomic mass is 9.94. The van der Waals surface area contributed by atoms with E-state index in [1.54, 1.807) is 6.08 Å². The number of amides is 2. The molecule has 0 saturated carbocycles. The Hall–Kier alpha value is -1.03. The molecule has 0 atom stereocenters. The summed E-state index contributed by atoms with van der Waals surface area (Å²) < 4.78 is 0. The fraction of sp³-hybridized carbons (Fsp3) is 0.750. The van der Waals surface area contributed by atoms with E-state index in [1.807, 2.05) is 11.9 Å². The van der Waals surface area contributed by atoms with Gasteiger partial charge in [-0.25, -0.2) is 4.79 Å². The molecule has 1 rings (SSSR count). The largest absolute Gasteiger partial charge is 0.335 e. The van der Waals surface area contributed by atoms with Crippen LogP contribution in [0.5, 0.6) is 0 Å². The van der Waals surface area contributed by atoms with Crippen LogP contribution >= 0.6 is 0 Å². The second-order valence-corrected chi connectivity index (χ2v) is 4.30. The summed E-state index contributed by atoms with van der Waals surface area (Å²) in [5.41, 5.74) is 0. The summed E-state index contributed by atoms with van der Waals surface area (Å²) in [7, 11) is 1.98. The van der Waals surface area contributed by atoms with Gasteiger partial charge in [-0.05, 0) is 38.8 Å². The smallest absolute Gasteiger partial charge is 0.317 e. The molecule has 1 saturated heterocycles. The quantitative estimate of drug-likeness (QED) is 0.691. The third-order valence-corrected chi connectivity index (χ3v) is 3.10. The molecule has 4 nitrogen and oxygen atoms in total. The molecule has 1 aliphatic heterocycles. The number of likely N-dealkylation sites (tertiary alicyclic amines) is 1. The highest BCUT2D eigenvalue weighted by molar-refractivity contribution is 5.74. The van der Waals surface area contributed by atoms with Crippen molar-refractivity contribution in [2.45, 2.75) is 19.3 Å². The third-order valence-electron chi connectivity index (χ3n) is 3.10. The highest BCUT2D eigenvalue weighted by atomic mass is 16.2. The van der Waals surface area contributed by atoms with E-state index in [4.69, 9.17) is 0 Å². The lowest BCUT2D eigenvalue weighted by Crippen LogP contribution is -2.44. The van der Waals surface area contributed by atoms with Crippen molar-refractivity contribution in [3.05, 3.63) is 12.7 Å². The monoisotopic (exact) mass is 225 g/mol. The molecule has 16 heavy (non-hydrogen) atoms. The number of nitrogens with zero attached hydrogens (tertiary/aromatic N) is 1. The topological polar surface area (TPSA) is 44.4 Å². The van der Waals surface area contributed by atoms with Crippen LogP contribution in [0, 0.1) is 5.92 Å². The molecule has 1 fully saturated rings. The van der Waals surface area contributed by atoms with Crippen LogP contribution in [-0.4, -0.2) is 44.2 Å². The van der Waals surface area contributed by atoms with Crippen LogP contribution in [0.2, 0.25) is 0 Å². The lowest BCUT2D eigenvalue weighted by molar-refractivity contribution is 0.169. The van der Waals surface area contributed by atoms with Gasteiger partial charge in [-0.3, -0.25) is 0 Å². The van der Waals surface area contributed by atoms with E-state index in [0.29, 0.717) is 6.54 Å². The van der Waals surface area contributed by atoms with Crippen LogP contribution in [0.4, 0.5) is 4.79 Å². The number of carbonyl (C=O) groups excluding carboxylic acids is 1. The summed E-state index contributed by atoms with van der Waals surface area (Å²) in [4.78, 5) is 13.5. The number of hydrogen-bond acceptors (Lipinski definition) is 2. The SMILES string of the molecule is C=CCNC(=O)N1CCC(CCNC)CC1. The Labute approximate surface area is 98.1 Å². The number of rotatable bonds is 5. The van der Waals surface area contributed by atoms with Gasteiger partial charge in [-0.15, -0.1) is 6.58 Å². The number of nitrogens with one attached hydrogen (secondary N) is 2. The molecule has 0 unspecified atom stereocenters. The molecule has 2 N–H and O–H groups in total. The second-order valence-electron chi connectivity index (χ2n) is 4.30. The Bertz CT molecular complexity index is 222. The summed E-state index contributed by atoms with van der Waals surface area (Å²) in [6.07, 6.45) is 5.18. The zero-order valence-corrected chi connectivity index (χ0v) is 10.2. The summed E-state index contributed by atoms with van der Waals surface area (Å²) in [5, 5.41) is 5.99. The molecule has 0 bridgehead atoms. The second kappa shape index (κ2) is 7.28. The average molecular weight is 225 g/mol. The van der Waals surface area contributed by atoms with Gasteiger partial charge >= 0.3 is 6.03 Å². The molecule has 1 aliphatic rings. The molecule has 0 aromatic heterocycles. The molecule has 0 radical (unpaired) electrons. The highest BCUT2D eigenvalue weighted by Crippen LogP contribution is 2.19. The van der Waals surface area contributed by atoms with Crippen molar-refractivity contribution in [3.8, 4) is 0 Å².